The first-order valence-corrected chi connectivity index (χ1v) is 3.85. The highest BCUT2D eigenvalue weighted by atomic mass is 16.3. The zero-order valence-electron chi connectivity index (χ0n) is 6.30. The van der Waals surface area contributed by atoms with E-state index in [4.69, 9.17) is 5.11 Å². The zero-order valence-corrected chi connectivity index (χ0v) is 6.30. The minimum absolute atomic E-state index is 0.398. The Bertz CT molecular complexity index is 84.9. The molecule has 1 saturated carbocycles. The Morgan fingerprint density at radius 3 is 2.44 bits per heavy atom. The molecule has 0 unspecified atom stereocenters. The fourth-order valence-electron chi connectivity index (χ4n) is 1.76. The van der Waals surface area contributed by atoms with E-state index in [0.29, 0.717) is 12.5 Å². The van der Waals surface area contributed by atoms with Gasteiger partial charge in [0.05, 0.1) is 0 Å². The summed E-state index contributed by atoms with van der Waals surface area (Å²) >= 11 is 0. The van der Waals surface area contributed by atoms with Crippen molar-refractivity contribution in [1.29, 1.82) is 0 Å². The first-order chi connectivity index (χ1) is 4.24. The van der Waals surface area contributed by atoms with Crippen LogP contribution < -0.4 is 0 Å². The highest BCUT2D eigenvalue weighted by molar-refractivity contribution is 6.11. The summed E-state index contributed by atoms with van der Waals surface area (Å²) in [4.78, 5) is 0. The van der Waals surface area contributed by atoms with Crippen LogP contribution in [0.2, 0.25) is 5.82 Å². The molecule has 9 heavy (non-hydrogen) atoms. The van der Waals surface area contributed by atoms with E-state index in [1.54, 1.807) is 0 Å². The predicted molar refractivity (Wildman–Crippen MR) is 41.3 cm³/mol. The molecule has 0 amide bonds. The van der Waals surface area contributed by atoms with E-state index in [2.05, 4.69) is 14.8 Å². The van der Waals surface area contributed by atoms with Gasteiger partial charge in [0, 0.05) is 6.61 Å². The summed E-state index contributed by atoms with van der Waals surface area (Å²) in [6.07, 6.45) is 2.47. The van der Waals surface area contributed by atoms with Crippen LogP contribution in [0.25, 0.3) is 0 Å². The zero-order chi connectivity index (χ0) is 6.85. The molecule has 1 N–H and O–H groups in total. The molecule has 1 nitrogen and oxygen atoms in total. The van der Waals surface area contributed by atoms with Crippen LogP contribution in [0.3, 0.4) is 0 Å². The molecule has 1 rings (SSSR count). The van der Waals surface area contributed by atoms with Gasteiger partial charge in [-0.15, -0.1) is 0 Å². The number of hydrogen-bond donors (Lipinski definition) is 1. The van der Waals surface area contributed by atoms with Gasteiger partial charge in [-0.1, -0.05) is 19.2 Å². The Morgan fingerprint density at radius 2 is 2.22 bits per heavy atom. The summed E-state index contributed by atoms with van der Waals surface area (Å²) < 4.78 is 0. The molecule has 0 aromatic carbocycles. The molecule has 1 aliphatic carbocycles. The van der Waals surface area contributed by atoms with Crippen LogP contribution in [0.5, 0.6) is 0 Å². The average Bonchev–Trinajstić information content (AvgIpc) is 2.13. The Balaban J connectivity index is 2.35. The van der Waals surface area contributed by atoms with Crippen molar-refractivity contribution >= 4 is 7.85 Å². The number of rotatable bonds is 1. The van der Waals surface area contributed by atoms with Gasteiger partial charge >= 0.3 is 0 Å². The SMILES string of the molecule is B[C@@H]1C[C@H](CO)C[C@@H]1C. The molecule has 0 radical (unpaired) electrons. The van der Waals surface area contributed by atoms with E-state index in [1.807, 2.05) is 0 Å². The first kappa shape index (κ1) is 7.14. The summed E-state index contributed by atoms with van der Waals surface area (Å²) in [7, 11) is 2.28. The molecule has 0 aromatic heterocycles. The summed E-state index contributed by atoms with van der Waals surface area (Å²) in [5.74, 6) is 2.28. The molecule has 0 saturated heterocycles. The Kier molecular flexibility index (Phi) is 2.17. The molecule has 0 aromatic rings. The van der Waals surface area contributed by atoms with Gasteiger partial charge in [-0.2, -0.15) is 0 Å². The van der Waals surface area contributed by atoms with Crippen LogP contribution in [0, 0.1) is 11.8 Å². The van der Waals surface area contributed by atoms with Crippen molar-refractivity contribution < 1.29 is 5.11 Å². The van der Waals surface area contributed by atoms with Gasteiger partial charge in [-0.05, 0) is 18.3 Å². The standard InChI is InChI=1S/C7H15BO/c1-5-2-6(4-9)3-7(5)8/h5-7,9H,2-4,8H2,1H3/t5-,6+,7+/m0/s1. The normalized spacial score (nSPS) is 43.6. The third-order valence-corrected chi connectivity index (χ3v) is 2.64. The molecule has 0 aliphatic heterocycles. The van der Waals surface area contributed by atoms with Crippen LogP contribution in [-0.2, 0) is 0 Å². The van der Waals surface area contributed by atoms with Gasteiger partial charge in [0.1, 0.15) is 7.85 Å². The Morgan fingerprint density at radius 1 is 1.56 bits per heavy atom. The Labute approximate surface area is 57.9 Å². The minimum Gasteiger partial charge on any atom is -0.396 e. The molecule has 2 heteroatoms. The first-order valence-electron chi connectivity index (χ1n) is 3.85. The summed E-state index contributed by atoms with van der Waals surface area (Å²) in [5.41, 5.74) is 0. The molecule has 3 atom stereocenters. The van der Waals surface area contributed by atoms with Crippen LogP contribution in [-0.4, -0.2) is 19.6 Å². The third-order valence-electron chi connectivity index (χ3n) is 2.64. The Hall–Kier alpha value is 0.0249. The molecule has 0 spiro atoms. The maximum atomic E-state index is 8.80. The molecule has 1 fully saturated rings. The largest absolute Gasteiger partial charge is 0.396 e. The second-order valence-electron chi connectivity index (χ2n) is 3.47. The lowest BCUT2D eigenvalue weighted by Gasteiger charge is -2.04. The van der Waals surface area contributed by atoms with E-state index < -0.39 is 0 Å². The lowest BCUT2D eigenvalue weighted by atomic mass is 9.80. The fourth-order valence-corrected chi connectivity index (χ4v) is 1.76. The van der Waals surface area contributed by atoms with Crippen molar-refractivity contribution in [2.75, 3.05) is 6.61 Å². The highest BCUT2D eigenvalue weighted by Crippen LogP contribution is 2.37. The van der Waals surface area contributed by atoms with Crippen molar-refractivity contribution in [2.24, 2.45) is 11.8 Å². The van der Waals surface area contributed by atoms with E-state index in [-0.39, 0.29) is 0 Å². The second kappa shape index (κ2) is 2.74. The molecule has 0 heterocycles. The second-order valence-corrected chi connectivity index (χ2v) is 3.47. The summed E-state index contributed by atoms with van der Waals surface area (Å²) in [6.45, 7) is 2.68. The van der Waals surface area contributed by atoms with Crippen LogP contribution in [0.15, 0.2) is 0 Å². The van der Waals surface area contributed by atoms with Crippen molar-refractivity contribution in [3.8, 4) is 0 Å². The minimum atomic E-state index is 0.398. The van der Waals surface area contributed by atoms with Crippen LogP contribution in [0.1, 0.15) is 19.8 Å². The van der Waals surface area contributed by atoms with Gasteiger partial charge in [-0.25, -0.2) is 0 Å². The number of hydrogen-bond acceptors (Lipinski definition) is 1. The van der Waals surface area contributed by atoms with Crippen molar-refractivity contribution in [3.63, 3.8) is 0 Å². The molecule has 1 aliphatic rings. The van der Waals surface area contributed by atoms with E-state index >= 15 is 0 Å². The van der Waals surface area contributed by atoms with E-state index in [9.17, 15) is 0 Å². The van der Waals surface area contributed by atoms with Crippen LogP contribution >= 0.6 is 0 Å². The molecule has 0 bridgehead atoms. The van der Waals surface area contributed by atoms with Gasteiger partial charge in [0.2, 0.25) is 0 Å². The number of aliphatic hydroxyl groups is 1. The van der Waals surface area contributed by atoms with Gasteiger partial charge in [0.15, 0.2) is 0 Å². The molecular weight excluding hydrogens is 111 g/mol. The number of aliphatic hydroxyl groups excluding tert-OH is 1. The van der Waals surface area contributed by atoms with Crippen molar-refractivity contribution in [1.82, 2.24) is 0 Å². The maximum Gasteiger partial charge on any atom is 0.105 e. The molecular formula is C7H15BO. The maximum absolute atomic E-state index is 8.80. The van der Waals surface area contributed by atoms with Gasteiger partial charge in [0.25, 0.3) is 0 Å². The van der Waals surface area contributed by atoms with Gasteiger partial charge in [-0.3, -0.25) is 0 Å². The topological polar surface area (TPSA) is 20.2 Å². The van der Waals surface area contributed by atoms with Crippen molar-refractivity contribution in [2.45, 2.75) is 25.6 Å². The third kappa shape index (κ3) is 1.48. The highest BCUT2D eigenvalue weighted by Gasteiger charge is 2.26. The predicted octanol–water partition coefficient (Wildman–Crippen LogP) is 0.446. The monoisotopic (exact) mass is 126 g/mol. The van der Waals surface area contributed by atoms with Crippen LogP contribution in [0.4, 0.5) is 0 Å². The van der Waals surface area contributed by atoms with Gasteiger partial charge < -0.3 is 5.11 Å². The van der Waals surface area contributed by atoms with E-state index in [1.165, 1.54) is 12.8 Å². The molecule has 52 valence electrons. The lowest BCUT2D eigenvalue weighted by Crippen LogP contribution is -1.99. The van der Waals surface area contributed by atoms with E-state index in [0.717, 1.165) is 11.7 Å². The van der Waals surface area contributed by atoms with Crippen molar-refractivity contribution in [3.05, 3.63) is 0 Å². The summed E-state index contributed by atoms with van der Waals surface area (Å²) in [5, 5.41) is 8.80. The fraction of sp³-hybridized carbons (Fsp3) is 1.00. The summed E-state index contributed by atoms with van der Waals surface area (Å²) in [6, 6.07) is 0. The smallest absolute Gasteiger partial charge is 0.105 e. The average molecular weight is 126 g/mol. The lowest BCUT2D eigenvalue weighted by molar-refractivity contribution is 0.227. The quantitative estimate of drug-likeness (QED) is 0.505.